The van der Waals surface area contributed by atoms with E-state index in [4.69, 9.17) is 9.47 Å². The maximum absolute atomic E-state index is 12.9. The third-order valence-electron chi connectivity index (χ3n) is 4.28. The van der Waals surface area contributed by atoms with Crippen LogP contribution in [0, 0.1) is 15.9 Å². The fourth-order valence-corrected chi connectivity index (χ4v) is 2.95. The van der Waals surface area contributed by atoms with E-state index in [0.717, 1.165) is 31.6 Å². The molecule has 0 unspecified atom stereocenters. The molecule has 1 aliphatic rings. The predicted octanol–water partition coefficient (Wildman–Crippen LogP) is 3.79. The van der Waals surface area contributed by atoms with Gasteiger partial charge in [0.2, 0.25) is 0 Å². The number of nitrogens with zero attached hydrogens (tertiary/aromatic N) is 2. The highest BCUT2D eigenvalue weighted by Crippen LogP contribution is 2.32. The van der Waals surface area contributed by atoms with Crippen LogP contribution in [-0.2, 0) is 0 Å². The molecule has 6 nitrogen and oxygen atoms in total. The smallest absolute Gasteiger partial charge is 0.311 e. The highest BCUT2D eigenvalue weighted by atomic mass is 19.1. The molecule has 0 radical (unpaired) electrons. The summed E-state index contributed by atoms with van der Waals surface area (Å²) in [6.45, 7) is 1.54. The van der Waals surface area contributed by atoms with Gasteiger partial charge in [-0.2, -0.15) is 0 Å². The van der Waals surface area contributed by atoms with E-state index in [0.29, 0.717) is 5.75 Å². The van der Waals surface area contributed by atoms with Crippen LogP contribution in [0.4, 0.5) is 15.8 Å². The molecule has 7 heteroatoms. The second-order valence-corrected chi connectivity index (χ2v) is 5.87. The Morgan fingerprint density at radius 2 is 1.84 bits per heavy atom. The van der Waals surface area contributed by atoms with Crippen molar-refractivity contribution in [1.29, 1.82) is 0 Å². The van der Waals surface area contributed by atoms with Crippen molar-refractivity contribution in [3.05, 3.63) is 58.4 Å². The molecule has 25 heavy (non-hydrogen) atoms. The van der Waals surface area contributed by atoms with Crippen molar-refractivity contribution in [2.24, 2.45) is 0 Å². The standard InChI is InChI=1S/C18H19FN2O4/c1-24-18-12-14(4-7-17(18)21(22)23)20-10-8-16(9-11-20)25-15-5-2-13(19)3-6-15/h2-7,12,16H,8-11H2,1H3. The minimum absolute atomic E-state index is 0.0409. The molecular weight excluding hydrogens is 327 g/mol. The van der Waals surface area contributed by atoms with Crippen molar-refractivity contribution >= 4 is 11.4 Å². The van der Waals surface area contributed by atoms with Gasteiger partial charge in [0, 0.05) is 43.8 Å². The van der Waals surface area contributed by atoms with Gasteiger partial charge in [0.1, 0.15) is 17.7 Å². The molecule has 1 heterocycles. The number of nitro groups is 1. The summed E-state index contributed by atoms with van der Waals surface area (Å²) in [5.41, 5.74) is 0.850. The Morgan fingerprint density at radius 1 is 1.16 bits per heavy atom. The summed E-state index contributed by atoms with van der Waals surface area (Å²) < 4.78 is 23.9. The number of anilines is 1. The lowest BCUT2D eigenvalue weighted by molar-refractivity contribution is -0.385. The van der Waals surface area contributed by atoms with Crippen LogP contribution >= 0.6 is 0 Å². The van der Waals surface area contributed by atoms with Gasteiger partial charge in [-0.3, -0.25) is 10.1 Å². The van der Waals surface area contributed by atoms with Crippen LogP contribution in [0.2, 0.25) is 0 Å². The van der Waals surface area contributed by atoms with Crippen molar-refractivity contribution in [3.63, 3.8) is 0 Å². The Kier molecular flexibility index (Phi) is 5.02. The first-order valence-corrected chi connectivity index (χ1v) is 8.06. The van der Waals surface area contributed by atoms with Gasteiger partial charge in [0.15, 0.2) is 5.75 Å². The summed E-state index contributed by atoms with van der Waals surface area (Å²) in [6.07, 6.45) is 1.70. The highest BCUT2D eigenvalue weighted by molar-refractivity contribution is 5.59. The number of hydrogen-bond donors (Lipinski definition) is 0. The summed E-state index contributed by atoms with van der Waals surface area (Å²) in [5.74, 6) is 0.637. The van der Waals surface area contributed by atoms with Crippen LogP contribution in [0.25, 0.3) is 0 Å². The van der Waals surface area contributed by atoms with E-state index < -0.39 is 4.92 Å². The van der Waals surface area contributed by atoms with Gasteiger partial charge < -0.3 is 14.4 Å². The SMILES string of the molecule is COc1cc(N2CCC(Oc3ccc(F)cc3)CC2)ccc1[N+](=O)[O-]. The molecule has 0 aromatic heterocycles. The van der Waals surface area contributed by atoms with Crippen LogP contribution in [0.1, 0.15) is 12.8 Å². The third kappa shape index (κ3) is 3.99. The first kappa shape index (κ1) is 17.0. The van der Waals surface area contributed by atoms with Gasteiger partial charge in [0.05, 0.1) is 12.0 Å². The van der Waals surface area contributed by atoms with Gasteiger partial charge in [-0.25, -0.2) is 4.39 Å². The Bertz CT molecular complexity index is 743. The number of halogens is 1. The molecule has 0 atom stereocenters. The van der Waals surface area contributed by atoms with E-state index in [1.54, 1.807) is 24.3 Å². The Morgan fingerprint density at radius 3 is 2.44 bits per heavy atom. The van der Waals surface area contributed by atoms with Crippen LogP contribution in [0.3, 0.4) is 0 Å². The van der Waals surface area contributed by atoms with Gasteiger partial charge >= 0.3 is 5.69 Å². The molecule has 1 aliphatic heterocycles. The summed E-state index contributed by atoms with van der Waals surface area (Å²) >= 11 is 0. The molecule has 1 saturated heterocycles. The molecular formula is C18H19FN2O4. The third-order valence-corrected chi connectivity index (χ3v) is 4.28. The molecule has 1 fully saturated rings. The van der Waals surface area contributed by atoms with Crippen LogP contribution in [0.15, 0.2) is 42.5 Å². The monoisotopic (exact) mass is 346 g/mol. The van der Waals surface area contributed by atoms with Crippen LogP contribution in [-0.4, -0.2) is 31.2 Å². The van der Waals surface area contributed by atoms with E-state index in [1.165, 1.54) is 25.3 Å². The Balaban J connectivity index is 1.62. The largest absolute Gasteiger partial charge is 0.490 e. The maximum Gasteiger partial charge on any atom is 0.311 e. The van der Waals surface area contributed by atoms with Crippen molar-refractivity contribution in [2.45, 2.75) is 18.9 Å². The lowest BCUT2D eigenvalue weighted by Crippen LogP contribution is -2.38. The summed E-state index contributed by atoms with van der Waals surface area (Å²) in [6, 6.07) is 10.9. The van der Waals surface area contributed by atoms with E-state index in [1.807, 2.05) is 0 Å². The first-order valence-electron chi connectivity index (χ1n) is 8.06. The fourth-order valence-electron chi connectivity index (χ4n) is 2.95. The van der Waals surface area contributed by atoms with Crippen molar-refractivity contribution in [3.8, 4) is 11.5 Å². The molecule has 3 rings (SSSR count). The zero-order valence-corrected chi connectivity index (χ0v) is 13.9. The Hall–Kier alpha value is -2.83. The number of nitro benzene ring substituents is 1. The molecule has 2 aromatic rings. The van der Waals surface area contributed by atoms with Gasteiger partial charge in [0.25, 0.3) is 0 Å². The minimum Gasteiger partial charge on any atom is -0.490 e. The number of ether oxygens (including phenoxy) is 2. The number of hydrogen-bond acceptors (Lipinski definition) is 5. The normalized spacial score (nSPS) is 15.0. The highest BCUT2D eigenvalue weighted by Gasteiger charge is 2.23. The van der Waals surface area contributed by atoms with Crippen molar-refractivity contribution < 1.29 is 18.8 Å². The van der Waals surface area contributed by atoms with E-state index in [9.17, 15) is 14.5 Å². The lowest BCUT2D eigenvalue weighted by Gasteiger charge is -2.33. The molecule has 0 N–H and O–H groups in total. The Labute approximate surface area is 144 Å². The zero-order valence-electron chi connectivity index (χ0n) is 13.9. The van der Waals surface area contributed by atoms with Crippen LogP contribution < -0.4 is 14.4 Å². The number of rotatable bonds is 5. The summed E-state index contributed by atoms with van der Waals surface area (Å²) in [4.78, 5) is 12.7. The second-order valence-electron chi connectivity index (χ2n) is 5.87. The maximum atomic E-state index is 12.9. The fraction of sp³-hybridized carbons (Fsp3) is 0.333. The first-order chi connectivity index (χ1) is 12.1. The zero-order chi connectivity index (χ0) is 17.8. The van der Waals surface area contributed by atoms with Crippen molar-refractivity contribution in [2.75, 3.05) is 25.1 Å². The van der Waals surface area contributed by atoms with Gasteiger partial charge in [-0.15, -0.1) is 0 Å². The quantitative estimate of drug-likeness (QED) is 0.609. The van der Waals surface area contributed by atoms with E-state index in [-0.39, 0.29) is 23.4 Å². The average molecular weight is 346 g/mol. The number of benzene rings is 2. The summed E-state index contributed by atoms with van der Waals surface area (Å²) in [7, 11) is 1.43. The van der Waals surface area contributed by atoms with E-state index in [2.05, 4.69) is 4.90 Å². The topological polar surface area (TPSA) is 64.8 Å². The summed E-state index contributed by atoms with van der Waals surface area (Å²) in [5, 5.41) is 11.0. The molecule has 2 aromatic carbocycles. The minimum atomic E-state index is -0.453. The molecule has 132 valence electrons. The molecule has 0 spiro atoms. The predicted molar refractivity (Wildman–Crippen MR) is 91.9 cm³/mol. The average Bonchev–Trinajstić information content (AvgIpc) is 2.63. The second kappa shape index (κ2) is 7.38. The molecule has 0 aliphatic carbocycles. The van der Waals surface area contributed by atoms with Gasteiger partial charge in [-0.05, 0) is 30.3 Å². The van der Waals surface area contributed by atoms with Crippen LogP contribution in [0.5, 0.6) is 11.5 Å². The molecule has 0 saturated carbocycles. The van der Waals surface area contributed by atoms with Crippen molar-refractivity contribution in [1.82, 2.24) is 0 Å². The molecule has 0 bridgehead atoms. The van der Waals surface area contributed by atoms with Gasteiger partial charge in [-0.1, -0.05) is 0 Å². The lowest BCUT2D eigenvalue weighted by atomic mass is 10.1. The number of piperidine rings is 1. The van der Waals surface area contributed by atoms with E-state index >= 15 is 0 Å². The molecule has 0 amide bonds. The number of methoxy groups -OCH3 is 1.